The maximum atomic E-state index is 13.4. The van der Waals surface area contributed by atoms with Gasteiger partial charge in [-0.15, -0.1) is 0 Å². The van der Waals surface area contributed by atoms with Crippen LogP contribution in [0.1, 0.15) is 34.1 Å². The lowest BCUT2D eigenvalue weighted by atomic mass is 9.93. The number of esters is 1. The molecule has 9 nitrogen and oxygen atoms in total. The molecule has 0 aliphatic rings. The average Bonchev–Trinajstić information content (AvgIpc) is 2.67. The second kappa shape index (κ2) is 10.4. The quantitative estimate of drug-likeness (QED) is 0.229. The normalized spacial score (nSPS) is 14.2. The summed E-state index contributed by atoms with van der Waals surface area (Å²) in [5.74, 6) is -0.271. The Morgan fingerprint density at radius 2 is 1.61 bits per heavy atom. The first-order chi connectivity index (χ1) is 14.5. The molecule has 0 radical (unpaired) electrons. The van der Waals surface area contributed by atoms with Crippen LogP contribution in [0.3, 0.4) is 0 Å². The molecule has 0 spiro atoms. The van der Waals surface area contributed by atoms with E-state index in [1.54, 1.807) is 30.3 Å². The molecule has 0 fully saturated rings. The van der Waals surface area contributed by atoms with Gasteiger partial charge in [0.2, 0.25) is 0 Å². The lowest BCUT2D eigenvalue weighted by Crippen LogP contribution is -2.36. The highest BCUT2D eigenvalue weighted by Gasteiger charge is 2.34. The molecule has 0 heterocycles. The Bertz CT molecular complexity index is 927. The van der Waals surface area contributed by atoms with Gasteiger partial charge in [-0.25, -0.2) is 4.57 Å². The van der Waals surface area contributed by atoms with Gasteiger partial charge in [-0.1, -0.05) is 39.0 Å². The van der Waals surface area contributed by atoms with Gasteiger partial charge in [0.05, 0.1) is 11.5 Å². The number of hydrogen-bond acceptors (Lipinski definition) is 7. The number of non-ortho nitro benzene ring substituents is 1. The molecule has 1 N–H and O–H groups in total. The number of rotatable bonds is 10. The van der Waals surface area contributed by atoms with E-state index in [1.165, 1.54) is 31.2 Å². The van der Waals surface area contributed by atoms with E-state index in [0.29, 0.717) is 6.42 Å². The van der Waals surface area contributed by atoms with Crippen LogP contribution in [0.2, 0.25) is 0 Å². The van der Waals surface area contributed by atoms with Crippen molar-refractivity contribution in [2.75, 3.05) is 6.61 Å². The number of hydrogen-bond donors (Lipinski definition) is 1. The molecule has 0 saturated carbocycles. The SMILES string of the molecule is CC(NP(=O)(Oc1ccccc1)Oc1ccc([N+](=O)[O-])cc1)C(=O)OCCC(C)(C)C. The first kappa shape index (κ1) is 24.4. The van der Waals surface area contributed by atoms with Crippen molar-refractivity contribution >= 4 is 19.4 Å². The summed E-state index contributed by atoms with van der Waals surface area (Å²) in [7, 11) is -4.10. The minimum absolute atomic E-state index is 0.00168. The van der Waals surface area contributed by atoms with Crippen LogP contribution in [-0.4, -0.2) is 23.5 Å². The molecule has 2 aromatic rings. The van der Waals surface area contributed by atoms with Crippen LogP contribution in [0.5, 0.6) is 11.5 Å². The van der Waals surface area contributed by atoms with Crippen molar-refractivity contribution in [2.24, 2.45) is 5.41 Å². The van der Waals surface area contributed by atoms with Gasteiger partial charge in [-0.2, -0.15) is 5.09 Å². The number of carbonyl (C=O) groups is 1. The molecule has 10 heteroatoms. The number of carbonyl (C=O) groups excluding carboxylic acids is 1. The summed E-state index contributed by atoms with van der Waals surface area (Å²) in [6.45, 7) is 7.80. The zero-order valence-electron chi connectivity index (χ0n) is 17.9. The van der Waals surface area contributed by atoms with Crippen LogP contribution in [0.4, 0.5) is 5.69 Å². The monoisotopic (exact) mass is 450 g/mol. The summed E-state index contributed by atoms with van der Waals surface area (Å²) >= 11 is 0. The van der Waals surface area contributed by atoms with Crippen molar-refractivity contribution in [3.05, 3.63) is 64.7 Å². The molecule has 2 aromatic carbocycles. The maximum Gasteiger partial charge on any atom is 0.513 e. The Morgan fingerprint density at radius 1 is 1.06 bits per heavy atom. The molecule has 2 rings (SSSR count). The van der Waals surface area contributed by atoms with E-state index >= 15 is 0 Å². The van der Waals surface area contributed by atoms with Crippen molar-refractivity contribution < 1.29 is 28.1 Å². The standard InChI is InChI=1S/C21H27N2O7P/c1-16(20(24)28-15-14-21(2,3)4)22-31(27,29-18-8-6-5-7-9-18)30-19-12-10-17(11-13-19)23(25)26/h5-13,16H,14-15H2,1-4H3,(H,22,27). The van der Waals surface area contributed by atoms with Crippen LogP contribution in [-0.2, 0) is 14.1 Å². The molecule has 2 unspecified atom stereocenters. The lowest BCUT2D eigenvalue weighted by molar-refractivity contribution is -0.384. The molecule has 168 valence electrons. The van der Waals surface area contributed by atoms with E-state index in [2.05, 4.69) is 5.09 Å². The highest BCUT2D eigenvalue weighted by atomic mass is 31.2. The average molecular weight is 450 g/mol. The second-order valence-electron chi connectivity index (χ2n) is 8.07. The third-order valence-electron chi connectivity index (χ3n) is 4.04. The highest BCUT2D eigenvalue weighted by molar-refractivity contribution is 7.52. The van der Waals surface area contributed by atoms with Gasteiger partial charge < -0.3 is 13.8 Å². The predicted molar refractivity (Wildman–Crippen MR) is 116 cm³/mol. The van der Waals surface area contributed by atoms with E-state index in [0.717, 1.165) is 0 Å². The summed E-state index contributed by atoms with van der Waals surface area (Å²) < 4.78 is 29.7. The first-order valence-electron chi connectivity index (χ1n) is 9.71. The largest absolute Gasteiger partial charge is 0.513 e. The van der Waals surface area contributed by atoms with Crippen LogP contribution in [0.25, 0.3) is 0 Å². The Morgan fingerprint density at radius 3 is 2.13 bits per heavy atom. The summed E-state index contributed by atoms with van der Waals surface area (Å²) in [5, 5.41) is 13.4. The molecule has 0 bridgehead atoms. The molecule has 0 amide bonds. The minimum Gasteiger partial charge on any atom is -0.465 e. The van der Waals surface area contributed by atoms with Gasteiger partial charge in [0.25, 0.3) is 5.69 Å². The number of ether oxygens (including phenoxy) is 1. The third-order valence-corrected chi connectivity index (χ3v) is 5.65. The Labute approximate surface area is 181 Å². The van der Waals surface area contributed by atoms with Crippen molar-refractivity contribution in [3.63, 3.8) is 0 Å². The fourth-order valence-electron chi connectivity index (χ4n) is 2.33. The van der Waals surface area contributed by atoms with Crippen LogP contribution >= 0.6 is 7.75 Å². The number of para-hydroxylation sites is 1. The van der Waals surface area contributed by atoms with E-state index in [-0.39, 0.29) is 29.2 Å². The van der Waals surface area contributed by atoms with E-state index in [9.17, 15) is 19.5 Å². The topological polar surface area (TPSA) is 117 Å². The van der Waals surface area contributed by atoms with Crippen molar-refractivity contribution in [1.82, 2.24) is 5.09 Å². The van der Waals surface area contributed by atoms with Gasteiger partial charge in [-0.05, 0) is 43.0 Å². The molecule has 0 aliphatic heterocycles. The minimum atomic E-state index is -4.10. The fraction of sp³-hybridized carbons (Fsp3) is 0.381. The van der Waals surface area contributed by atoms with Gasteiger partial charge >= 0.3 is 13.7 Å². The van der Waals surface area contributed by atoms with E-state index < -0.39 is 24.7 Å². The van der Waals surface area contributed by atoms with Crippen molar-refractivity contribution in [1.29, 1.82) is 0 Å². The third kappa shape index (κ3) is 8.39. The molecular weight excluding hydrogens is 423 g/mol. The molecule has 2 atom stereocenters. The Kier molecular flexibility index (Phi) is 8.19. The van der Waals surface area contributed by atoms with Crippen molar-refractivity contribution in [2.45, 2.75) is 40.2 Å². The Balaban J connectivity index is 2.14. The Hall–Kier alpha value is -2.90. The summed E-state index contributed by atoms with van der Waals surface area (Å²) in [4.78, 5) is 22.6. The zero-order valence-corrected chi connectivity index (χ0v) is 18.8. The smallest absolute Gasteiger partial charge is 0.465 e. The van der Waals surface area contributed by atoms with Gasteiger partial charge in [0.1, 0.15) is 17.5 Å². The molecule has 0 saturated heterocycles. The van der Waals surface area contributed by atoms with Gasteiger partial charge in [0, 0.05) is 12.1 Å². The number of nitrogens with one attached hydrogen (secondary N) is 1. The van der Waals surface area contributed by atoms with Crippen LogP contribution in [0.15, 0.2) is 54.6 Å². The van der Waals surface area contributed by atoms with Crippen LogP contribution in [0, 0.1) is 15.5 Å². The molecule has 0 aliphatic carbocycles. The first-order valence-corrected chi connectivity index (χ1v) is 11.2. The lowest BCUT2D eigenvalue weighted by Gasteiger charge is -2.23. The number of nitro benzene ring substituents is 1. The molecular formula is C21H27N2O7P. The summed E-state index contributed by atoms with van der Waals surface area (Å²) in [6, 6.07) is 12.3. The van der Waals surface area contributed by atoms with E-state index in [4.69, 9.17) is 13.8 Å². The number of benzene rings is 2. The predicted octanol–water partition coefficient (Wildman–Crippen LogP) is 5.12. The highest BCUT2D eigenvalue weighted by Crippen LogP contribution is 2.45. The van der Waals surface area contributed by atoms with Gasteiger partial charge in [0.15, 0.2) is 0 Å². The maximum absolute atomic E-state index is 13.4. The molecule has 31 heavy (non-hydrogen) atoms. The number of nitro groups is 1. The van der Waals surface area contributed by atoms with Gasteiger partial charge in [-0.3, -0.25) is 14.9 Å². The zero-order chi connectivity index (χ0) is 23.1. The van der Waals surface area contributed by atoms with E-state index in [1.807, 2.05) is 20.8 Å². The second-order valence-corrected chi connectivity index (χ2v) is 9.69. The van der Waals surface area contributed by atoms with Crippen molar-refractivity contribution in [3.8, 4) is 11.5 Å². The summed E-state index contributed by atoms with van der Waals surface area (Å²) in [6.07, 6.45) is 0.670. The molecule has 0 aromatic heterocycles. The fourth-order valence-corrected chi connectivity index (χ4v) is 3.85. The van der Waals surface area contributed by atoms with Crippen LogP contribution < -0.4 is 14.1 Å². The number of nitrogens with zero attached hydrogens (tertiary/aromatic N) is 1. The summed E-state index contributed by atoms with van der Waals surface area (Å²) in [5.41, 5.74) is -0.142.